The fourth-order valence-corrected chi connectivity index (χ4v) is 3.27. The average Bonchev–Trinajstić information content (AvgIpc) is 3.13. The Morgan fingerprint density at radius 2 is 2.21 bits per heavy atom. The van der Waals surface area contributed by atoms with Crippen molar-refractivity contribution in [2.45, 2.75) is 19.3 Å². The zero-order valence-corrected chi connectivity index (χ0v) is 13.3. The number of aryl methyl sites for hydroxylation is 2. The first-order chi connectivity index (χ1) is 11.5. The molecule has 0 fully saturated rings. The molecule has 1 aliphatic heterocycles. The Kier molecular flexibility index (Phi) is 3.23. The van der Waals surface area contributed by atoms with Crippen molar-refractivity contribution in [2.24, 2.45) is 7.05 Å². The monoisotopic (exact) mass is 325 g/mol. The van der Waals surface area contributed by atoms with E-state index in [1.807, 2.05) is 20.2 Å². The van der Waals surface area contributed by atoms with Gasteiger partial charge in [-0.1, -0.05) is 6.07 Å². The second-order valence-electron chi connectivity index (χ2n) is 5.97. The van der Waals surface area contributed by atoms with Crippen LogP contribution in [0.4, 0.5) is 10.2 Å². The lowest BCUT2D eigenvalue weighted by Crippen LogP contribution is -2.24. The highest BCUT2D eigenvalue weighted by Crippen LogP contribution is 2.38. The van der Waals surface area contributed by atoms with E-state index in [9.17, 15) is 9.18 Å². The number of carbonyl (C=O) groups is 1. The van der Waals surface area contributed by atoms with E-state index >= 15 is 0 Å². The van der Waals surface area contributed by atoms with Gasteiger partial charge in [0.25, 0.3) is 0 Å². The highest BCUT2D eigenvalue weighted by atomic mass is 19.1. The van der Waals surface area contributed by atoms with Gasteiger partial charge >= 0.3 is 0 Å². The zero-order chi connectivity index (χ0) is 16.8. The molecule has 0 saturated heterocycles. The van der Waals surface area contributed by atoms with Crippen LogP contribution in [0.15, 0.2) is 36.7 Å². The molecule has 6 nitrogen and oxygen atoms in total. The van der Waals surface area contributed by atoms with E-state index in [2.05, 4.69) is 15.5 Å². The first-order valence-electron chi connectivity index (χ1n) is 7.67. The van der Waals surface area contributed by atoms with Gasteiger partial charge in [0.05, 0.1) is 17.6 Å². The van der Waals surface area contributed by atoms with Gasteiger partial charge in [-0.2, -0.15) is 10.2 Å². The summed E-state index contributed by atoms with van der Waals surface area (Å²) in [5, 5.41) is 11.6. The average molecular weight is 325 g/mol. The lowest BCUT2D eigenvalue weighted by Gasteiger charge is -2.22. The maximum Gasteiger partial charge on any atom is 0.226 e. The van der Waals surface area contributed by atoms with Crippen LogP contribution in [-0.4, -0.2) is 25.5 Å². The van der Waals surface area contributed by atoms with E-state index in [-0.39, 0.29) is 17.6 Å². The summed E-state index contributed by atoms with van der Waals surface area (Å²) >= 11 is 0. The maximum absolute atomic E-state index is 13.4. The van der Waals surface area contributed by atoms with Gasteiger partial charge in [0.15, 0.2) is 0 Å². The number of carbonyl (C=O) groups excluding carboxylic acids is 1. The molecular weight excluding hydrogens is 309 g/mol. The first kappa shape index (κ1) is 14.6. The van der Waals surface area contributed by atoms with E-state index in [0.29, 0.717) is 12.1 Å². The van der Waals surface area contributed by atoms with E-state index in [0.717, 1.165) is 22.6 Å². The molecule has 4 rings (SSSR count). The molecule has 0 saturated carbocycles. The fraction of sp³-hybridized carbons (Fsp3) is 0.235. The molecule has 1 N–H and O–H groups in total. The van der Waals surface area contributed by atoms with Crippen molar-refractivity contribution in [3.05, 3.63) is 59.3 Å². The molecule has 1 atom stereocenters. The third kappa shape index (κ3) is 2.29. The van der Waals surface area contributed by atoms with Crippen LogP contribution >= 0.6 is 0 Å². The van der Waals surface area contributed by atoms with E-state index in [1.54, 1.807) is 27.7 Å². The summed E-state index contributed by atoms with van der Waals surface area (Å²) in [6.07, 6.45) is 3.91. The Balaban J connectivity index is 1.77. The minimum atomic E-state index is -0.313. The molecule has 0 radical (unpaired) electrons. The molecule has 2 aromatic heterocycles. The molecule has 0 bridgehead atoms. The number of nitrogens with zero attached hydrogens (tertiary/aromatic N) is 4. The van der Waals surface area contributed by atoms with Crippen LogP contribution in [0, 0.1) is 12.7 Å². The predicted molar refractivity (Wildman–Crippen MR) is 86.6 cm³/mol. The molecule has 3 aromatic rings. The summed E-state index contributed by atoms with van der Waals surface area (Å²) in [5.74, 6) is 0.262. The summed E-state index contributed by atoms with van der Waals surface area (Å²) < 4.78 is 16.7. The molecular formula is C17H16FN5O. The third-order valence-electron chi connectivity index (χ3n) is 4.34. The largest absolute Gasteiger partial charge is 0.311 e. The van der Waals surface area contributed by atoms with Gasteiger partial charge < -0.3 is 5.32 Å². The number of aromatic nitrogens is 4. The molecule has 1 unspecified atom stereocenters. The van der Waals surface area contributed by atoms with Crippen molar-refractivity contribution in [1.29, 1.82) is 0 Å². The third-order valence-corrected chi connectivity index (χ3v) is 4.34. The Bertz CT molecular complexity index is 942. The second-order valence-corrected chi connectivity index (χ2v) is 5.97. The van der Waals surface area contributed by atoms with Gasteiger partial charge in [0, 0.05) is 31.1 Å². The van der Waals surface area contributed by atoms with Crippen molar-refractivity contribution in [1.82, 2.24) is 19.6 Å². The van der Waals surface area contributed by atoms with Gasteiger partial charge in [-0.15, -0.1) is 0 Å². The summed E-state index contributed by atoms with van der Waals surface area (Å²) in [4.78, 5) is 12.1. The molecule has 1 amide bonds. The number of hydrogen-bond donors (Lipinski definition) is 1. The minimum absolute atomic E-state index is 0.0472. The fourth-order valence-electron chi connectivity index (χ4n) is 3.27. The number of rotatable bonds is 2. The van der Waals surface area contributed by atoms with Gasteiger partial charge in [0.1, 0.15) is 11.6 Å². The summed E-state index contributed by atoms with van der Waals surface area (Å²) in [6.45, 7) is 1.93. The maximum atomic E-state index is 13.4. The Morgan fingerprint density at radius 3 is 3.00 bits per heavy atom. The number of halogens is 1. The molecule has 24 heavy (non-hydrogen) atoms. The van der Waals surface area contributed by atoms with Crippen LogP contribution in [0.2, 0.25) is 0 Å². The number of anilines is 1. The number of benzene rings is 1. The van der Waals surface area contributed by atoms with Gasteiger partial charge in [-0.3, -0.25) is 9.48 Å². The van der Waals surface area contributed by atoms with Crippen LogP contribution in [-0.2, 0) is 11.8 Å². The Morgan fingerprint density at radius 1 is 1.38 bits per heavy atom. The van der Waals surface area contributed by atoms with Gasteiger partial charge in [-0.25, -0.2) is 9.07 Å². The predicted octanol–water partition coefficient (Wildman–Crippen LogP) is 2.53. The van der Waals surface area contributed by atoms with Crippen LogP contribution in [0.3, 0.4) is 0 Å². The number of nitrogens with one attached hydrogen (secondary N) is 1. The Hall–Kier alpha value is -2.96. The normalized spacial score (nSPS) is 16.8. The molecule has 1 aliphatic rings. The first-order valence-corrected chi connectivity index (χ1v) is 7.67. The summed E-state index contributed by atoms with van der Waals surface area (Å²) in [7, 11) is 1.81. The zero-order valence-electron chi connectivity index (χ0n) is 13.3. The van der Waals surface area contributed by atoms with Crippen LogP contribution in [0.5, 0.6) is 0 Å². The SMILES string of the molecule is Cc1nn(C)c2c1C(c1cnn(-c3cccc(F)c3)c1)CC(=O)N2. The van der Waals surface area contributed by atoms with Crippen molar-refractivity contribution in [2.75, 3.05) is 5.32 Å². The van der Waals surface area contributed by atoms with E-state index < -0.39 is 0 Å². The smallest absolute Gasteiger partial charge is 0.226 e. The van der Waals surface area contributed by atoms with Gasteiger partial charge in [-0.05, 0) is 30.7 Å². The number of hydrogen-bond acceptors (Lipinski definition) is 3. The summed E-state index contributed by atoms with van der Waals surface area (Å²) in [5.41, 5.74) is 3.45. The highest BCUT2D eigenvalue weighted by molar-refractivity contribution is 5.94. The Labute approximate surface area is 137 Å². The van der Waals surface area contributed by atoms with Crippen molar-refractivity contribution in [3.8, 4) is 5.69 Å². The van der Waals surface area contributed by atoms with E-state index in [1.165, 1.54) is 12.1 Å². The second kappa shape index (κ2) is 5.30. The molecule has 1 aromatic carbocycles. The molecule has 3 heterocycles. The molecule has 0 aliphatic carbocycles. The molecule has 0 spiro atoms. The number of fused-ring (bicyclic) bond motifs is 1. The van der Waals surface area contributed by atoms with Crippen molar-refractivity contribution in [3.63, 3.8) is 0 Å². The summed E-state index contributed by atoms with van der Waals surface area (Å²) in [6, 6.07) is 6.24. The standard InChI is InChI=1S/C17H16FN5O/c1-10-16-14(7-15(24)20-17(16)22(2)21-10)11-8-19-23(9-11)13-5-3-4-12(18)6-13/h3-6,8-9,14H,7H2,1-2H3,(H,20,24). The lowest BCUT2D eigenvalue weighted by molar-refractivity contribution is -0.116. The van der Waals surface area contributed by atoms with Crippen molar-refractivity contribution < 1.29 is 9.18 Å². The number of amides is 1. The van der Waals surface area contributed by atoms with Gasteiger partial charge in [0.2, 0.25) is 5.91 Å². The highest BCUT2D eigenvalue weighted by Gasteiger charge is 2.32. The van der Waals surface area contributed by atoms with Crippen molar-refractivity contribution >= 4 is 11.7 Å². The van der Waals surface area contributed by atoms with E-state index in [4.69, 9.17) is 0 Å². The lowest BCUT2D eigenvalue weighted by atomic mass is 9.87. The van der Waals surface area contributed by atoms with Crippen LogP contribution < -0.4 is 5.32 Å². The molecule has 122 valence electrons. The van der Waals surface area contributed by atoms with Crippen LogP contribution in [0.1, 0.15) is 29.2 Å². The molecule has 7 heteroatoms. The quantitative estimate of drug-likeness (QED) is 0.787. The minimum Gasteiger partial charge on any atom is -0.311 e. The topological polar surface area (TPSA) is 64.7 Å². The van der Waals surface area contributed by atoms with Crippen LogP contribution in [0.25, 0.3) is 5.69 Å².